The monoisotopic (exact) mass is 344 g/mol. The van der Waals surface area contributed by atoms with Crippen molar-refractivity contribution in [1.82, 2.24) is 0 Å². The van der Waals surface area contributed by atoms with Crippen LogP contribution < -0.4 is 15.8 Å². The molecule has 0 spiro atoms. The van der Waals surface area contributed by atoms with Gasteiger partial charge in [0.1, 0.15) is 11.6 Å². The quantitative estimate of drug-likeness (QED) is 0.842. The number of rotatable bonds is 6. The van der Waals surface area contributed by atoms with Gasteiger partial charge >= 0.3 is 0 Å². The molecule has 0 aliphatic carbocycles. The largest absolute Gasteiger partial charge is 0.490 e. The van der Waals surface area contributed by atoms with Crippen molar-refractivity contribution in [3.8, 4) is 5.75 Å². The second-order valence-corrected chi connectivity index (χ2v) is 5.97. The Bertz CT molecular complexity index is 790. The highest BCUT2D eigenvalue weighted by Crippen LogP contribution is 2.25. The van der Waals surface area contributed by atoms with Gasteiger partial charge in [-0.25, -0.2) is 4.39 Å². The van der Waals surface area contributed by atoms with E-state index in [0.717, 1.165) is 0 Å². The van der Waals surface area contributed by atoms with Gasteiger partial charge in [-0.2, -0.15) is 0 Å². The molecule has 2 aromatic rings. The van der Waals surface area contributed by atoms with Crippen LogP contribution in [0.1, 0.15) is 42.6 Å². The van der Waals surface area contributed by atoms with Crippen LogP contribution in [-0.4, -0.2) is 17.9 Å². The van der Waals surface area contributed by atoms with Crippen molar-refractivity contribution in [2.75, 3.05) is 5.32 Å². The number of halogens is 1. The lowest BCUT2D eigenvalue weighted by molar-refractivity contribution is -0.117. The van der Waals surface area contributed by atoms with Crippen molar-refractivity contribution >= 4 is 17.5 Å². The van der Waals surface area contributed by atoms with Crippen LogP contribution in [0.3, 0.4) is 0 Å². The number of hydrogen-bond acceptors (Lipinski definition) is 3. The molecule has 2 aromatic carbocycles. The minimum atomic E-state index is -0.690. The number of nitrogens with one attached hydrogen (secondary N) is 1. The van der Waals surface area contributed by atoms with Crippen LogP contribution in [0.4, 0.5) is 10.1 Å². The lowest BCUT2D eigenvalue weighted by Crippen LogP contribution is -2.21. The van der Waals surface area contributed by atoms with Crippen LogP contribution >= 0.6 is 0 Å². The van der Waals surface area contributed by atoms with E-state index in [-0.39, 0.29) is 11.7 Å². The molecule has 0 radical (unpaired) electrons. The van der Waals surface area contributed by atoms with Crippen LogP contribution in [0.15, 0.2) is 42.5 Å². The highest BCUT2D eigenvalue weighted by Gasteiger charge is 2.19. The molecule has 0 bridgehead atoms. The minimum absolute atomic E-state index is 0.125. The van der Waals surface area contributed by atoms with E-state index in [2.05, 4.69) is 5.32 Å². The number of carbonyl (C=O) groups excluding carboxylic acids is 2. The maximum Gasteiger partial charge on any atom is 0.252 e. The third-order valence-corrected chi connectivity index (χ3v) is 3.64. The summed E-state index contributed by atoms with van der Waals surface area (Å²) in [5, 5.41) is 2.67. The average molecular weight is 344 g/mol. The lowest BCUT2D eigenvalue weighted by Gasteiger charge is -2.16. The van der Waals surface area contributed by atoms with Crippen molar-refractivity contribution in [1.29, 1.82) is 0 Å². The summed E-state index contributed by atoms with van der Waals surface area (Å²) < 4.78 is 19.4. The van der Waals surface area contributed by atoms with E-state index in [0.29, 0.717) is 17.0 Å². The maximum atomic E-state index is 13.8. The summed E-state index contributed by atoms with van der Waals surface area (Å²) in [6.45, 7) is 5.27. The number of anilines is 1. The fourth-order valence-electron chi connectivity index (χ4n) is 2.38. The van der Waals surface area contributed by atoms with E-state index in [1.165, 1.54) is 12.1 Å². The van der Waals surface area contributed by atoms with Gasteiger partial charge in [0.05, 0.1) is 17.6 Å². The Morgan fingerprint density at radius 3 is 2.40 bits per heavy atom. The second-order valence-electron chi connectivity index (χ2n) is 5.97. The maximum absolute atomic E-state index is 13.8. The van der Waals surface area contributed by atoms with Gasteiger partial charge < -0.3 is 15.8 Å². The molecule has 25 heavy (non-hydrogen) atoms. The SMILES string of the molecule is CC(C)Oc1ccc(NC(=O)[C@H](C)c2ccccc2F)cc1C(N)=O. The van der Waals surface area contributed by atoms with Crippen LogP contribution in [0.5, 0.6) is 5.75 Å². The third-order valence-electron chi connectivity index (χ3n) is 3.64. The van der Waals surface area contributed by atoms with Gasteiger partial charge in [-0.1, -0.05) is 18.2 Å². The van der Waals surface area contributed by atoms with Crippen LogP contribution in [-0.2, 0) is 4.79 Å². The van der Waals surface area contributed by atoms with Gasteiger partial charge in [-0.15, -0.1) is 0 Å². The summed E-state index contributed by atoms with van der Waals surface area (Å²) in [5.74, 6) is -1.83. The van der Waals surface area contributed by atoms with E-state index >= 15 is 0 Å². The molecule has 0 aliphatic rings. The number of nitrogens with two attached hydrogens (primary N) is 1. The van der Waals surface area contributed by atoms with Crippen molar-refractivity contribution in [3.63, 3.8) is 0 Å². The zero-order valence-electron chi connectivity index (χ0n) is 14.4. The van der Waals surface area contributed by atoms with E-state index in [1.54, 1.807) is 37.3 Å². The molecule has 6 heteroatoms. The topological polar surface area (TPSA) is 81.4 Å². The molecule has 132 valence electrons. The van der Waals surface area contributed by atoms with Gasteiger partial charge in [0.2, 0.25) is 5.91 Å². The zero-order chi connectivity index (χ0) is 18.6. The molecule has 0 saturated carbocycles. The Labute approximate surface area is 146 Å². The van der Waals surface area contributed by atoms with Gasteiger partial charge in [-0.05, 0) is 50.6 Å². The fourth-order valence-corrected chi connectivity index (χ4v) is 2.38. The number of benzene rings is 2. The predicted molar refractivity (Wildman–Crippen MR) is 94.2 cm³/mol. The Hall–Kier alpha value is -2.89. The minimum Gasteiger partial charge on any atom is -0.490 e. The molecule has 3 N–H and O–H groups in total. The molecule has 0 aliphatic heterocycles. The van der Waals surface area contributed by atoms with E-state index in [9.17, 15) is 14.0 Å². The molecular formula is C19H21FN2O3. The van der Waals surface area contributed by atoms with Crippen LogP contribution in [0, 0.1) is 5.82 Å². The molecule has 1 atom stereocenters. The van der Waals surface area contributed by atoms with E-state index < -0.39 is 23.5 Å². The molecule has 0 heterocycles. The van der Waals surface area contributed by atoms with Crippen molar-refractivity contribution < 1.29 is 18.7 Å². The van der Waals surface area contributed by atoms with Gasteiger partial charge in [0.15, 0.2) is 0 Å². The average Bonchev–Trinajstić information content (AvgIpc) is 2.55. The van der Waals surface area contributed by atoms with Crippen molar-refractivity contribution in [2.45, 2.75) is 32.8 Å². The highest BCUT2D eigenvalue weighted by molar-refractivity contribution is 6.00. The summed E-state index contributed by atoms with van der Waals surface area (Å²) >= 11 is 0. The zero-order valence-corrected chi connectivity index (χ0v) is 14.4. The molecular weight excluding hydrogens is 323 g/mol. The summed E-state index contributed by atoms with van der Waals surface area (Å²) in [6, 6.07) is 10.7. The molecule has 2 rings (SSSR count). The van der Waals surface area contributed by atoms with E-state index in [4.69, 9.17) is 10.5 Å². The first kappa shape index (κ1) is 18.4. The highest BCUT2D eigenvalue weighted by atomic mass is 19.1. The number of primary amides is 1. The summed E-state index contributed by atoms with van der Waals surface area (Å²) in [5.41, 5.74) is 6.24. The summed E-state index contributed by atoms with van der Waals surface area (Å²) in [6.07, 6.45) is -0.125. The normalized spacial score (nSPS) is 11.9. The molecule has 0 saturated heterocycles. The molecule has 5 nitrogen and oxygen atoms in total. The Kier molecular flexibility index (Phi) is 5.75. The first-order valence-electron chi connectivity index (χ1n) is 7.95. The Balaban J connectivity index is 2.22. The van der Waals surface area contributed by atoms with E-state index in [1.807, 2.05) is 13.8 Å². The van der Waals surface area contributed by atoms with Gasteiger partial charge in [-0.3, -0.25) is 9.59 Å². The standard InChI is InChI=1S/C19H21FN2O3/c1-11(2)25-17-9-8-13(10-15(17)18(21)23)22-19(24)12(3)14-6-4-5-7-16(14)20/h4-12H,1-3H3,(H2,21,23)(H,22,24)/t12-/m1/s1. The summed E-state index contributed by atoms with van der Waals surface area (Å²) in [7, 11) is 0. The first-order chi connectivity index (χ1) is 11.8. The van der Waals surface area contributed by atoms with Crippen LogP contribution in [0.2, 0.25) is 0 Å². The van der Waals surface area contributed by atoms with Gasteiger partial charge in [0, 0.05) is 5.69 Å². The smallest absolute Gasteiger partial charge is 0.252 e. The number of ether oxygens (including phenoxy) is 1. The van der Waals surface area contributed by atoms with Gasteiger partial charge in [0.25, 0.3) is 5.91 Å². The molecule has 0 unspecified atom stereocenters. The first-order valence-corrected chi connectivity index (χ1v) is 7.95. The number of amides is 2. The molecule has 2 amide bonds. The second kappa shape index (κ2) is 7.79. The lowest BCUT2D eigenvalue weighted by atomic mass is 9.99. The Morgan fingerprint density at radius 2 is 1.80 bits per heavy atom. The van der Waals surface area contributed by atoms with Crippen LogP contribution in [0.25, 0.3) is 0 Å². The summed E-state index contributed by atoms with van der Waals surface area (Å²) in [4.78, 5) is 24.0. The number of carbonyl (C=O) groups is 2. The molecule has 0 fully saturated rings. The molecule has 0 aromatic heterocycles. The third kappa shape index (κ3) is 4.56. The Morgan fingerprint density at radius 1 is 1.12 bits per heavy atom. The predicted octanol–water partition coefficient (Wildman–Crippen LogP) is 3.45. The van der Waals surface area contributed by atoms with Crippen molar-refractivity contribution in [2.24, 2.45) is 5.73 Å². The number of hydrogen-bond donors (Lipinski definition) is 2. The van der Waals surface area contributed by atoms with Crippen molar-refractivity contribution in [3.05, 3.63) is 59.4 Å². The fraction of sp³-hybridized carbons (Fsp3) is 0.263.